The molecule has 14 rings (SSSR count). The van der Waals surface area contributed by atoms with E-state index in [-0.39, 0.29) is 0 Å². The summed E-state index contributed by atoms with van der Waals surface area (Å²) in [6, 6.07) is 87.4. The molecule has 4 aromatic heterocycles. The summed E-state index contributed by atoms with van der Waals surface area (Å²) >= 11 is 0. The Labute approximate surface area is 400 Å². The molecule has 0 spiro atoms. The summed E-state index contributed by atoms with van der Waals surface area (Å²) < 4.78 is 11.6. The lowest BCUT2D eigenvalue weighted by Crippen LogP contribution is -2.76. The Morgan fingerprint density at radius 2 is 1.01 bits per heavy atom. The second kappa shape index (κ2) is 15.5. The van der Waals surface area contributed by atoms with E-state index in [1.165, 1.54) is 52.3 Å². The molecule has 0 fully saturated rings. The van der Waals surface area contributed by atoms with Gasteiger partial charge in [-0.2, -0.15) is 0 Å². The van der Waals surface area contributed by atoms with Gasteiger partial charge in [0.25, 0.3) is 0 Å². The molecule has 324 valence electrons. The molecular weight excluding hydrogens is 873 g/mol. The fourth-order valence-electron chi connectivity index (χ4n) is 11.9. The second-order valence-electron chi connectivity index (χ2n) is 18.1. The number of imidazole rings is 1. The maximum atomic E-state index is 7.00. The first kappa shape index (κ1) is 39.5. The van der Waals surface area contributed by atoms with Crippen LogP contribution in [0.1, 0.15) is 0 Å². The molecule has 0 amide bonds. The van der Waals surface area contributed by atoms with Crippen molar-refractivity contribution in [2.45, 2.75) is 0 Å². The van der Waals surface area contributed by atoms with E-state index in [4.69, 9.17) is 14.7 Å². The maximum absolute atomic E-state index is 7.00. The normalized spacial score (nSPS) is 13.2. The van der Waals surface area contributed by atoms with Crippen LogP contribution in [0, 0.1) is 0 Å². The van der Waals surface area contributed by atoms with Crippen LogP contribution in [0.2, 0.25) is 0 Å². The van der Waals surface area contributed by atoms with Crippen molar-refractivity contribution in [1.29, 1.82) is 0 Å². The van der Waals surface area contributed by atoms with Gasteiger partial charge in [0.1, 0.15) is 22.8 Å². The molecule has 1 aliphatic rings. The van der Waals surface area contributed by atoms with Crippen LogP contribution in [0.25, 0.3) is 54.9 Å². The fourth-order valence-corrected chi connectivity index (χ4v) is 21.9. The van der Waals surface area contributed by atoms with Crippen LogP contribution in [-0.2, 0) is 0 Å². The van der Waals surface area contributed by atoms with Crippen LogP contribution >= 0.6 is 0 Å². The number of aromatic nitrogens is 4. The Balaban J connectivity index is 1.08. The van der Waals surface area contributed by atoms with Crippen molar-refractivity contribution in [3.63, 3.8) is 0 Å². The summed E-state index contributed by atoms with van der Waals surface area (Å²) in [5, 5.41) is 16.1. The van der Waals surface area contributed by atoms with Gasteiger partial charge in [-0.3, -0.25) is 8.97 Å². The minimum atomic E-state index is -3.09. The van der Waals surface area contributed by atoms with E-state index in [2.05, 4.69) is 252 Å². The summed E-state index contributed by atoms with van der Waals surface area (Å²) in [4.78, 5) is 10.4. The van der Waals surface area contributed by atoms with E-state index in [1.807, 2.05) is 12.4 Å². The lowest BCUT2D eigenvalue weighted by Gasteiger charge is -2.39. The van der Waals surface area contributed by atoms with Gasteiger partial charge >= 0.3 is 0 Å². The van der Waals surface area contributed by atoms with Gasteiger partial charge in [0.15, 0.2) is 16.1 Å². The van der Waals surface area contributed by atoms with E-state index >= 15 is 0 Å². The predicted octanol–water partition coefficient (Wildman–Crippen LogP) is 8.99. The van der Waals surface area contributed by atoms with Gasteiger partial charge in [-0.1, -0.05) is 206 Å². The average Bonchev–Trinajstić information content (AvgIpc) is 4.06. The minimum absolute atomic E-state index is 0.812. The first-order valence-corrected chi connectivity index (χ1v) is 27.6. The average molecular weight is 915 g/mol. The van der Waals surface area contributed by atoms with Crippen LogP contribution in [0.5, 0.6) is 11.5 Å². The number of nitrogens with zero attached hydrogens (tertiary/aromatic N) is 4. The third-order valence-corrected chi connectivity index (χ3v) is 24.3. The smallest absolute Gasteiger partial charge is 0.189 e. The highest BCUT2D eigenvalue weighted by Crippen LogP contribution is 2.38. The summed E-state index contributed by atoms with van der Waals surface area (Å²) in [5.41, 5.74) is 5.17. The van der Waals surface area contributed by atoms with Gasteiger partial charge in [-0.15, -0.1) is 0 Å². The van der Waals surface area contributed by atoms with Crippen LogP contribution in [0.3, 0.4) is 0 Å². The molecule has 5 nitrogen and oxygen atoms in total. The number of rotatable bonds is 7. The zero-order valence-corrected chi connectivity index (χ0v) is 39.4. The fraction of sp³-hybridized carbons (Fsp3) is 0. The van der Waals surface area contributed by atoms with E-state index in [0.29, 0.717) is 0 Å². The Hall–Kier alpha value is -8.63. The van der Waals surface area contributed by atoms with Crippen LogP contribution in [0.15, 0.2) is 255 Å². The third kappa shape index (κ3) is 5.63. The van der Waals surface area contributed by atoms with E-state index in [1.54, 1.807) is 0 Å². The van der Waals surface area contributed by atoms with E-state index in [9.17, 15) is 0 Å². The summed E-state index contributed by atoms with van der Waals surface area (Å²) in [6.45, 7) is 0. The van der Waals surface area contributed by atoms with Crippen LogP contribution in [0.4, 0.5) is 0 Å². The minimum Gasteiger partial charge on any atom is -0.456 e. The van der Waals surface area contributed by atoms with Crippen molar-refractivity contribution in [2.24, 2.45) is 0 Å². The molecule has 0 atom stereocenters. The molecule has 0 N–H and O–H groups in total. The van der Waals surface area contributed by atoms with Crippen LogP contribution in [-0.4, -0.2) is 35.1 Å². The SMILES string of the molecule is c1ccc([Si](c2ccccc2)(c2cccc(-n3c4ccccc4c4c5c(cnc43)Oc3ccccc3[Si]5(c3ccccc3)c3ccccc3)c2)c2ccc3c4ccccc4n4ccnc4c3c2)cc1. The van der Waals surface area contributed by atoms with E-state index < -0.39 is 16.1 Å². The maximum Gasteiger partial charge on any atom is 0.189 e. The first-order chi connectivity index (χ1) is 34.2. The zero-order chi connectivity index (χ0) is 45.5. The summed E-state index contributed by atoms with van der Waals surface area (Å²) in [6.07, 6.45) is 5.99. The van der Waals surface area contributed by atoms with Gasteiger partial charge in [-0.05, 0) is 72.0 Å². The van der Waals surface area contributed by atoms with Gasteiger partial charge in [-0.25, -0.2) is 9.97 Å². The third-order valence-electron chi connectivity index (χ3n) is 14.7. The first-order valence-electron chi connectivity index (χ1n) is 23.6. The van der Waals surface area contributed by atoms with Crippen molar-refractivity contribution in [1.82, 2.24) is 18.9 Å². The van der Waals surface area contributed by atoms with Crippen LogP contribution < -0.4 is 46.2 Å². The Bertz CT molecular complexity index is 4040. The van der Waals surface area contributed by atoms with Crippen molar-refractivity contribution >= 4 is 107 Å². The number of fused-ring (bicyclic) bond motifs is 12. The Kier molecular flexibility index (Phi) is 8.86. The summed E-state index contributed by atoms with van der Waals surface area (Å²) in [7, 11) is -6.14. The van der Waals surface area contributed by atoms with Gasteiger partial charge in [0, 0.05) is 44.8 Å². The standard InChI is InChI=1S/C62H42N4OSi2/c1-5-21-44(22-6-1)68(45-23-7-2-8-24-45,49-36-37-50-51-30-13-15-32-54(51)65-39-38-63-61(65)53(50)41-49)48-29-19-20-43(40-48)66-55-33-16-14-31-52(55)59-60-57(42-64-62(59)66)67-56-34-17-18-35-58(56)69(60,46-25-9-3-10-26-46)47-27-11-4-12-28-47/h1-42H. The zero-order valence-electron chi connectivity index (χ0n) is 37.4. The number of hydrogen-bond acceptors (Lipinski definition) is 3. The highest BCUT2D eigenvalue weighted by Gasteiger charge is 2.50. The molecule has 9 aromatic carbocycles. The molecule has 1 aliphatic heterocycles. The number of ether oxygens (including phenoxy) is 1. The van der Waals surface area contributed by atoms with Crippen molar-refractivity contribution in [3.8, 4) is 17.2 Å². The molecule has 0 unspecified atom stereocenters. The highest BCUT2D eigenvalue weighted by atomic mass is 28.3. The number of para-hydroxylation sites is 3. The lowest BCUT2D eigenvalue weighted by atomic mass is 10.1. The molecule has 69 heavy (non-hydrogen) atoms. The predicted molar refractivity (Wildman–Crippen MR) is 290 cm³/mol. The molecule has 0 aliphatic carbocycles. The van der Waals surface area contributed by atoms with Gasteiger partial charge in [0.05, 0.1) is 17.2 Å². The molecule has 13 aromatic rings. The molecule has 0 saturated heterocycles. The molecule has 5 heterocycles. The van der Waals surface area contributed by atoms with Gasteiger partial charge < -0.3 is 4.74 Å². The molecule has 0 saturated carbocycles. The lowest BCUT2D eigenvalue weighted by molar-refractivity contribution is 0.485. The van der Waals surface area contributed by atoms with Crippen molar-refractivity contribution < 1.29 is 4.74 Å². The van der Waals surface area contributed by atoms with Crippen molar-refractivity contribution in [3.05, 3.63) is 255 Å². The number of pyridine rings is 2. The second-order valence-corrected chi connectivity index (χ2v) is 25.6. The quantitative estimate of drug-likeness (QED) is 0.0912. The van der Waals surface area contributed by atoms with Gasteiger partial charge in [0.2, 0.25) is 0 Å². The summed E-state index contributed by atoms with van der Waals surface area (Å²) in [5.74, 6) is 1.70. The molecular formula is C62H42N4OSi2. The van der Waals surface area contributed by atoms with E-state index in [0.717, 1.165) is 55.7 Å². The largest absolute Gasteiger partial charge is 0.456 e. The molecule has 0 bridgehead atoms. The molecule has 0 radical (unpaired) electrons. The molecule has 7 heteroatoms. The number of benzene rings is 9. The van der Waals surface area contributed by atoms with Crippen molar-refractivity contribution in [2.75, 3.05) is 0 Å². The topological polar surface area (TPSA) is 44.4 Å². The Morgan fingerprint density at radius 1 is 0.420 bits per heavy atom. The monoisotopic (exact) mass is 914 g/mol. The highest BCUT2D eigenvalue weighted by molar-refractivity contribution is 7.22. The Morgan fingerprint density at radius 3 is 1.74 bits per heavy atom. The number of hydrogen-bond donors (Lipinski definition) is 0.